The van der Waals surface area contributed by atoms with Gasteiger partial charge in [0.25, 0.3) is 5.56 Å². The summed E-state index contributed by atoms with van der Waals surface area (Å²) in [7, 11) is 3.07. The number of carbonyl (C=O) groups is 1. The summed E-state index contributed by atoms with van der Waals surface area (Å²) in [4.78, 5) is 41.3. The largest absolute Gasteiger partial charge is 0.462 e. The normalized spacial score (nSPS) is 15.3. The highest BCUT2D eigenvalue weighted by molar-refractivity contribution is 5.94. The lowest BCUT2D eigenvalue weighted by Gasteiger charge is -2.31. The minimum atomic E-state index is -0.655. The van der Waals surface area contributed by atoms with Gasteiger partial charge in [0.05, 0.1) is 23.7 Å². The van der Waals surface area contributed by atoms with Crippen LogP contribution in [0, 0.1) is 5.92 Å². The average molecular weight is 455 g/mol. The smallest absolute Gasteiger partial charge is 0.336 e. The molecular formula is C25H34N4O4. The van der Waals surface area contributed by atoms with Crippen LogP contribution in [-0.2, 0) is 23.6 Å². The van der Waals surface area contributed by atoms with E-state index >= 15 is 0 Å². The van der Waals surface area contributed by atoms with Crippen LogP contribution < -0.4 is 21.5 Å². The summed E-state index contributed by atoms with van der Waals surface area (Å²) in [5.41, 5.74) is 2.31. The van der Waals surface area contributed by atoms with Gasteiger partial charge in [-0.2, -0.15) is 0 Å². The number of benzene rings is 1. The zero-order valence-electron chi connectivity index (χ0n) is 20.6. The molecule has 1 N–H and O–H groups in total. The maximum atomic E-state index is 13.3. The van der Waals surface area contributed by atoms with Crippen LogP contribution in [0.4, 0.5) is 11.5 Å². The summed E-state index contributed by atoms with van der Waals surface area (Å²) in [5.74, 6) is -0.539. The van der Waals surface area contributed by atoms with Crippen LogP contribution in [-0.4, -0.2) is 34.8 Å². The molecule has 2 aromatic rings. The molecule has 0 spiro atoms. The van der Waals surface area contributed by atoms with Crippen molar-refractivity contribution in [1.82, 2.24) is 9.13 Å². The molecule has 1 aliphatic rings. The molecule has 2 heterocycles. The van der Waals surface area contributed by atoms with E-state index in [1.165, 1.54) is 11.6 Å². The quantitative estimate of drug-likeness (QED) is 0.648. The molecule has 33 heavy (non-hydrogen) atoms. The standard InChI is InChI=1S/C25H34N4O4/c1-8-29(9-2)18-12-10-17(11-13-18)20-19(24(31)33-14-15(3)4)16(5)26-22-21(20)23(30)28(7)25(32)27(22)6/h10-13,15,20,26H,8-9,14H2,1-7H3. The molecule has 1 aliphatic heterocycles. The molecule has 8 nitrogen and oxygen atoms in total. The number of carbonyl (C=O) groups excluding carboxylic acids is 1. The van der Waals surface area contributed by atoms with Gasteiger partial charge in [0.2, 0.25) is 0 Å². The number of nitrogens with zero attached hydrogens (tertiary/aromatic N) is 3. The highest BCUT2D eigenvalue weighted by Crippen LogP contribution is 2.40. The molecule has 1 atom stereocenters. The number of rotatable bonds is 7. The second kappa shape index (κ2) is 9.68. The van der Waals surface area contributed by atoms with Crippen LogP contribution in [0.3, 0.4) is 0 Å². The number of anilines is 2. The van der Waals surface area contributed by atoms with Gasteiger partial charge in [-0.25, -0.2) is 9.59 Å². The van der Waals surface area contributed by atoms with Gasteiger partial charge in [0, 0.05) is 38.6 Å². The molecule has 0 fully saturated rings. The molecule has 1 aromatic carbocycles. The molecular weight excluding hydrogens is 420 g/mol. The van der Waals surface area contributed by atoms with Gasteiger partial charge in [-0.05, 0) is 44.4 Å². The third-order valence-electron chi connectivity index (χ3n) is 6.11. The number of nitrogens with one attached hydrogen (secondary N) is 1. The lowest BCUT2D eigenvalue weighted by atomic mass is 9.82. The van der Waals surface area contributed by atoms with E-state index in [1.807, 2.05) is 38.1 Å². The van der Waals surface area contributed by atoms with E-state index in [9.17, 15) is 14.4 Å². The Morgan fingerprint density at radius 1 is 1.09 bits per heavy atom. The second-order valence-corrected chi connectivity index (χ2v) is 8.82. The number of aromatic nitrogens is 2. The number of ether oxygens (including phenoxy) is 1. The van der Waals surface area contributed by atoms with Gasteiger partial charge in [-0.1, -0.05) is 26.0 Å². The highest BCUT2D eigenvalue weighted by Gasteiger charge is 2.37. The van der Waals surface area contributed by atoms with Gasteiger partial charge >= 0.3 is 11.7 Å². The lowest BCUT2D eigenvalue weighted by molar-refractivity contribution is -0.140. The van der Waals surface area contributed by atoms with Crippen molar-refractivity contribution in [3.63, 3.8) is 0 Å². The van der Waals surface area contributed by atoms with E-state index in [2.05, 4.69) is 24.1 Å². The Labute approximate surface area is 194 Å². The fourth-order valence-electron chi connectivity index (χ4n) is 4.28. The van der Waals surface area contributed by atoms with Crippen molar-refractivity contribution in [1.29, 1.82) is 0 Å². The van der Waals surface area contributed by atoms with E-state index in [4.69, 9.17) is 4.74 Å². The van der Waals surface area contributed by atoms with Crippen molar-refractivity contribution in [3.05, 3.63) is 67.5 Å². The molecule has 1 aromatic heterocycles. The summed E-state index contributed by atoms with van der Waals surface area (Å²) in [6.07, 6.45) is 0. The van der Waals surface area contributed by atoms with Crippen molar-refractivity contribution in [2.45, 2.75) is 40.5 Å². The molecule has 0 amide bonds. The number of esters is 1. The van der Waals surface area contributed by atoms with Gasteiger partial charge in [-0.3, -0.25) is 13.9 Å². The summed E-state index contributed by atoms with van der Waals surface area (Å²) >= 11 is 0. The van der Waals surface area contributed by atoms with Crippen LogP contribution >= 0.6 is 0 Å². The molecule has 0 aliphatic carbocycles. The molecule has 0 radical (unpaired) electrons. The van der Waals surface area contributed by atoms with Crippen LogP contribution in [0.25, 0.3) is 0 Å². The first-order chi connectivity index (χ1) is 15.6. The maximum Gasteiger partial charge on any atom is 0.336 e. The van der Waals surface area contributed by atoms with Crippen LogP contribution in [0.5, 0.6) is 0 Å². The first kappa shape index (κ1) is 24.4. The fraction of sp³-hybridized carbons (Fsp3) is 0.480. The fourth-order valence-corrected chi connectivity index (χ4v) is 4.28. The van der Waals surface area contributed by atoms with E-state index in [-0.39, 0.29) is 12.5 Å². The van der Waals surface area contributed by atoms with Crippen molar-refractivity contribution in [2.24, 2.45) is 20.0 Å². The highest BCUT2D eigenvalue weighted by atomic mass is 16.5. The lowest BCUT2D eigenvalue weighted by Crippen LogP contribution is -2.43. The van der Waals surface area contributed by atoms with Crippen molar-refractivity contribution < 1.29 is 9.53 Å². The molecule has 0 bridgehead atoms. The number of hydrogen-bond donors (Lipinski definition) is 1. The molecule has 0 saturated carbocycles. The predicted molar refractivity (Wildman–Crippen MR) is 131 cm³/mol. The van der Waals surface area contributed by atoms with Gasteiger partial charge in [0.1, 0.15) is 5.82 Å². The number of fused-ring (bicyclic) bond motifs is 1. The van der Waals surface area contributed by atoms with Crippen molar-refractivity contribution in [3.8, 4) is 0 Å². The van der Waals surface area contributed by atoms with Gasteiger partial charge < -0.3 is 15.0 Å². The Morgan fingerprint density at radius 3 is 2.24 bits per heavy atom. The zero-order chi connectivity index (χ0) is 24.4. The maximum absolute atomic E-state index is 13.3. The number of allylic oxidation sites excluding steroid dienone is 1. The third-order valence-corrected chi connectivity index (χ3v) is 6.11. The first-order valence-corrected chi connectivity index (χ1v) is 11.4. The van der Waals surface area contributed by atoms with Crippen molar-refractivity contribution >= 4 is 17.5 Å². The average Bonchev–Trinajstić information content (AvgIpc) is 2.80. The Kier molecular flexibility index (Phi) is 7.15. The molecule has 178 valence electrons. The zero-order valence-corrected chi connectivity index (χ0v) is 20.6. The predicted octanol–water partition coefficient (Wildman–Crippen LogP) is 2.96. The molecule has 8 heteroatoms. The topological polar surface area (TPSA) is 85.6 Å². The van der Waals surface area contributed by atoms with Gasteiger partial charge in [0.15, 0.2) is 0 Å². The van der Waals surface area contributed by atoms with E-state index < -0.39 is 23.1 Å². The summed E-state index contributed by atoms with van der Waals surface area (Å²) < 4.78 is 8.07. The number of hydrogen-bond acceptors (Lipinski definition) is 6. The second-order valence-electron chi connectivity index (χ2n) is 8.82. The van der Waals surface area contributed by atoms with E-state index in [0.29, 0.717) is 22.7 Å². The minimum Gasteiger partial charge on any atom is -0.462 e. The third kappa shape index (κ3) is 4.47. The van der Waals surface area contributed by atoms with Crippen LogP contribution in [0.15, 0.2) is 45.1 Å². The Hall–Kier alpha value is -3.29. The summed E-state index contributed by atoms with van der Waals surface area (Å²) in [5, 5.41) is 3.12. The monoisotopic (exact) mass is 454 g/mol. The molecule has 0 saturated heterocycles. The van der Waals surface area contributed by atoms with Crippen LogP contribution in [0.1, 0.15) is 51.7 Å². The SMILES string of the molecule is CCN(CC)c1ccc(C2C(C(=O)OCC(C)C)=C(C)Nc3c2c(=O)n(C)c(=O)n3C)cc1. The Bertz CT molecular complexity index is 1180. The minimum absolute atomic E-state index is 0.180. The van der Waals surface area contributed by atoms with E-state index in [1.54, 1.807) is 14.0 Å². The Balaban J connectivity index is 2.23. The first-order valence-electron chi connectivity index (χ1n) is 11.4. The summed E-state index contributed by atoms with van der Waals surface area (Å²) in [6, 6.07) is 7.90. The van der Waals surface area contributed by atoms with Crippen LogP contribution in [0.2, 0.25) is 0 Å². The molecule has 1 unspecified atom stereocenters. The van der Waals surface area contributed by atoms with E-state index in [0.717, 1.165) is 28.9 Å². The molecule has 3 rings (SSSR count). The van der Waals surface area contributed by atoms with Crippen molar-refractivity contribution in [2.75, 3.05) is 29.9 Å². The van der Waals surface area contributed by atoms with Gasteiger partial charge in [-0.15, -0.1) is 0 Å². The summed E-state index contributed by atoms with van der Waals surface area (Å²) in [6.45, 7) is 11.9. The Morgan fingerprint density at radius 2 is 1.70 bits per heavy atom.